The third-order valence-corrected chi connectivity index (χ3v) is 3.39. The molecular weight excluding hydrogens is 264 g/mol. The number of benzene rings is 1. The molecule has 1 saturated carbocycles. The highest BCUT2D eigenvalue weighted by atomic mass is 16.5. The van der Waals surface area contributed by atoms with Crippen molar-refractivity contribution in [1.29, 1.82) is 0 Å². The summed E-state index contributed by atoms with van der Waals surface area (Å²) in [6.45, 7) is 9.22. The number of hydrogen-bond acceptors (Lipinski definition) is 3. The minimum absolute atomic E-state index is 0.0320. The molecule has 21 heavy (non-hydrogen) atoms. The molecule has 1 aliphatic carbocycles. The summed E-state index contributed by atoms with van der Waals surface area (Å²) in [5, 5.41) is 6.39. The molecule has 4 nitrogen and oxygen atoms in total. The van der Waals surface area contributed by atoms with Crippen LogP contribution in [0.15, 0.2) is 18.2 Å². The molecule has 0 atom stereocenters. The van der Waals surface area contributed by atoms with Crippen LogP contribution < -0.4 is 15.4 Å². The summed E-state index contributed by atoms with van der Waals surface area (Å²) in [6, 6.07) is 6.45. The molecule has 0 aliphatic heterocycles. The molecule has 2 N–H and O–H groups in total. The van der Waals surface area contributed by atoms with Crippen molar-refractivity contribution in [3.05, 3.63) is 29.3 Å². The first kappa shape index (κ1) is 15.8. The van der Waals surface area contributed by atoms with Crippen LogP contribution in [0.5, 0.6) is 5.75 Å². The average molecular weight is 290 g/mol. The normalized spacial score (nSPS) is 14.9. The van der Waals surface area contributed by atoms with Gasteiger partial charge in [-0.1, -0.05) is 18.2 Å². The average Bonchev–Trinajstić information content (AvgIpc) is 3.18. The fourth-order valence-electron chi connectivity index (χ4n) is 2.05. The zero-order valence-electron chi connectivity index (χ0n) is 13.5. The second-order valence-corrected chi connectivity index (χ2v) is 6.80. The van der Waals surface area contributed by atoms with E-state index in [0.717, 1.165) is 36.3 Å². The Bertz CT molecular complexity index is 502. The van der Waals surface area contributed by atoms with E-state index >= 15 is 0 Å². The molecular formula is C17H26N2O2. The summed E-state index contributed by atoms with van der Waals surface area (Å²) >= 11 is 0. The molecule has 1 aliphatic rings. The number of aryl methyl sites for hydroxylation is 1. The standard InChI is InChI=1S/C17H26N2O2/c1-12-6-5-7-13(10-18-17(2,3)4)16(12)21-11-15(20)19-14-8-9-14/h5-7,14,18H,8-11H2,1-4H3,(H,19,20). The van der Waals surface area contributed by atoms with Crippen LogP contribution in [0.1, 0.15) is 44.7 Å². The Hall–Kier alpha value is -1.55. The van der Waals surface area contributed by atoms with Crippen molar-refractivity contribution in [1.82, 2.24) is 10.6 Å². The van der Waals surface area contributed by atoms with Crippen molar-refractivity contribution in [2.75, 3.05) is 6.61 Å². The SMILES string of the molecule is Cc1cccc(CNC(C)(C)C)c1OCC(=O)NC1CC1. The molecule has 1 amide bonds. The third kappa shape index (κ3) is 5.38. The van der Waals surface area contributed by atoms with Crippen LogP contribution in [0.2, 0.25) is 0 Å². The van der Waals surface area contributed by atoms with Gasteiger partial charge >= 0.3 is 0 Å². The second-order valence-electron chi connectivity index (χ2n) is 6.80. The van der Waals surface area contributed by atoms with Gasteiger partial charge < -0.3 is 15.4 Å². The summed E-state index contributed by atoms with van der Waals surface area (Å²) in [7, 11) is 0. The molecule has 0 heterocycles. The van der Waals surface area contributed by atoms with Crippen molar-refractivity contribution in [3.8, 4) is 5.75 Å². The fraction of sp³-hybridized carbons (Fsp3) is 0.588. The fourth-order valence-corrected chi connectivity index (χ4v) is 2.05. The number of ether oxygens (including phenoxy) is 1. The van der Waals surface area contributed by atoms with Crippen molar-refractivity contribution < 1.29 is 9.53 Å². The largest absolute Gasteiger partial charge is 0.483 e. The summed E-state index contributed by atoms with van der Waals surface area (Å²) in [5.41, 5.74) is 2.19. The number of nitrogens with one attached hydrogen (secondary N) is 2. The van der Waals surface area contributed by atoms with Crippen LogP contribution in [0.25, 0.3) is 0 Å². The Kier molecular flexibility index (Phi) is 4.88. The summed E-state index contributed by atoms with van der Waals surface area (Å²) < 4.78 is 5.77. The highest BCUT2D eigenvalue weighted by molar-refractivity contribution is 5.78. The van der Waals surface area contributed by atoms with Crippen molar-refractivity contribution >= 4 is 5.91 Å². The molecule has 1 aromatic carbocycles. The first-order valence-corrected chi connectivity index (χ1v) is 7.61. The quantitative estimate of drug-likeness (QED) is 0.846. The predicted molar refractivity (Wildman–Crippen MR) is 84.4 cm³/mol. The van der Waals surface area contributed by atoms with Crippen LogP contribution in [0.4, 0.5) is 0 Å². The maximum atomic E-state index is 11.8. The highest BCUT2D eigenvalue weighted by Crippen LogP contribution is 2.24. The lowest BCUT2D eigenvalue weighted by Gasteiger charge is -2.22. The molecule has 0 radical (unpaired) electrons. The highest BCUT2D eigenvalue weighted by Gasteiger charge is 2.23. The summed E-state index contributed by atoms with van der Waals surface area (Å²) in [6.07, 6.45) is 2.19. The van der Waals surface area contributed by atoms with Crippen LogP contribution >= 0.6 is 0 Å². The van der Waals surface area contributed by atoms with Crippen molar-refractivity contribution in [2.45, 2.75) is 58.7 Å². The van der Waals surface area contributed by atoms with Gasteiger partial charge in [-0.25, -0.2) is 0 Å². The van der Waals surface area contributed by atoms with Gasteiger partial charge in [0.15, 0.2) is 6.61 Å². The Morgan fingerprint density at radius 1 is 1.33 bits per heavy atom. The first-order chi connectivity index (χ1) is 9.85. The van der Waals surface area contributed by atoms with Gasteiger partial charge in [-0.3, -0.25) is 4.79 Å². The topological polar surface area (TPSA) is 50.4 Å². The van der Waals surface area contributed by atoms with E-state index in [1.54, 1.807) is 0 Å². The zero-order valence-corrected chi connectivity index (χ0v) is 13.5. The third-order valence-electron chi connectivity index (χ3n) is 3.39. The molecule has 1 aromatic rings. The van der Waals surface area contributed by atoms with Crippen molar-refractivity contribution in [3.63, 3.8) is 0 Å². The van der Waals surface area contributed by atoms with Crippen LogP contribution in [-0.4, -0.2) is 24.1 Å². The van der Waals surface area contributed by atoms with Gasteiger partial charge in [0, 0.05) is 23.7 Å². The second kappa shape index (κ2) is 6.48. The molecule has 1 fully saturated rings. The summed E-state index contributed by atoms with van der Waals surface area (Å²) in [4.78, 5) is 11.8. The number of para-hydroxylation sites is 1. The van der Waals surface area contributed by atoms with Crippen molar-refractivity contribution in [2.24, 2.45) is 0 Å². The van der Waals surface area contributed by atoms with Gasteiger partial charge in [-0.2, -0.15) is 0 Å². The van der Waals surface area contributed by atoms with Crippen LogP contribution in [0, 0.1) is 6.92 Å². The number of hydrogen-bond donors (Lipinski definition) is 2. The Morgan fingerprint density at radius 3 is 2.67 bits per heavy atom. The van der Waals surface area contributed by atoms with Gasteiger partial charge in [-0.15, -0.1) is 0 Å². The lowest BCUT2D eigenvalue weighted by atomic mass is 10.1. The number of carbonyl (C=O) groups is 1. The molecule has 4 heteroatoms. The number of amides is 1. The molecule has 0 unspecified atom stereocenters. The minimum Gasteiger partial charge on any atom is -0.483 e. The smallest absolute Gasteiger partial charge is 0.258 e. The molecule has 0 aromatic heterocycles. The Balaban J connectivity index is 1.97. The first-order valence-electron chi connectivity index (χ1n) is 7.61. The molecule has 116 valence electrons. The van der Waals surface area contributed by atoms with E-state index in [0.29, 0.717) is 6.04 Å². The number of rotatable bonds is 6. The van der Waals surface area contributed by atoms with E-state index in [4.69, 9.17) is 4.74 Å². The van der Waals surface area contributed by atoms with E-state index in [-0.39, 0.29) is 18.1 Å². The molecule has 2 rings (SSSR count). The summed E-state index contributed by atoms with van der Waals surface area (Å²) in [5.74, 6) is 0.788. The van der Waals surface area contributed by atoms with Crippen LogP contribution in [-0.2, 0) is 11.3 Å². The van der Waals surface area contributed by atoms with Gasteiger partial charge in [0.2, 0.25) is 0 Å². The van der Waals surface area contributed by atoms with E-state index in [1.807, 2.05) is 25.1 Å². The van der Waals surface area contributed by atoms with E-state index in [2.05, 4.69) is 31.4 Å². The van der Waals surface area contributed by atoms with Gasteiger partial charge in [0.25, 0.3) is 5.91 Å². The van der Waals surface area contributed by atoms with Gasteiger partial charge in [0.1, 0.15) is 5.75 Å². The van der Waals surface area contributed by atoms with E-state index < -0.39 is 0 Å². The monoisotopic (exact) mass is 290 g/mol. The lowest BCUT2D eigenvalue weighted by Crippen LogP contribution is -2.35. The van der Waals surface area contributed by atoms with Gasteiger partial charge in [-0.05, 0) is 46.1 Å². The van der Waals surface area contributed by atoms with Crippen LogP contribution in [0.3, 0.4) is 0 Å². The Morgan fingerprint density at radius 2 is 2.05 bits per heavy atom. The number of carbonyl (C=O) groups excluding carboxylic acids is 1. The molecule has 0 bridgehead atoms. The zero-order chi connectivity index (χ0) is 15.5. The van der Waals surface area contributed by atoms with Gasteiger partial charge in [0.05, 0.1) is 0 Å². The Labute approximate surface area is 127 Å². The minimum atomic E-state index is -0.0320. The molecule has 0 saturated heterocycles. The predicted octanol–water partition coefficient (Wildman–Crippen LogP) is 2.54. The lowest BCUT2D eigenvalue weighted by molar-refractivity contribution is -0.123. The molecule has 0 spiro atoms. The van der Waals surface area contributed by atoms with E-state index in [9.17, 15) is 4.79 Å². The maximum Gasteiger partial charge on any atom is 0.258 e. The maximum absolute atomic E-state index is 11.8. The van der Waals surface area contributed by atoms with E-state index in [1.165, 1.54) is 0 Å².